The van der Waals surface area contributed by atoms with Crippen LogP contribution in [0.25, 0.3) is 5.65 Å². The highest BCUT2D eigenvalue weighted by molar-refractivity contribution is 6.01. The number of ether oxygens (including phenoxy) is 3. The van der Waals surface area contributed by atoms with E-state index in [1.54, 1.807) is 27.6 Å². The first-order chi connectivity index (χ1) is 22.2. The van der Waals surface area contributed by atoms with Crippen LogP contribution in [0.2, 0.25) is 0 Å². The van der Waals surface area contributed by atoms with E-state index in [0.29, 0.717) is 65.6 Å². The molecule has 0 unspecified atom stereocenters. The van der Waals surface area contributed by atoms with Crippen molar-refractivity contribution in [2.45, 2.75) is 58.8 Å². The molecule has 2 aliphatic rings. The number of benzene rings is 2. The summed E-state index contributed by atoms with van der Waals surface area (Å²) in [4.78, 5) is 46.4. The van der Waals surface area contributed by atoms with Crippen LogP contribution in [0.1, 0.15) is 62.6 Å². The number of amides is 3. The Morgan fingerprint density at radius 2 is 1.91 bits per heavy atom. The van der Waals surface area contributed by atoms with Gasteiger partial charge < -0.3 is 29.7 Å². The monoisotopic (exact) mass is 626 g/mol. The molecule has 1 fully saturated rings. The minimum atomic E-state index is -0.441. The minimum Gasteiger partial charge on any atom is -0.497 e. The van der Waals surface area contributed by atoms with Crippen molar-refractivity contribution in [3.63, 3.8) is 0 Å². The lowest BCUT2D eigenvalue weighted by Crippen LogP contribution is -2.57. The molecule has 0 spiro atoms. The number of rotatable bonds is 2. The third-order valence-electron chi connectivity index (χ3n) is 8.31. The highest BCUT2D eigenvalue weighted by Crippen LogP contribution is 2.29. The molecule has 4 aromatic rings. The lowest BCUT2D eigenvalue weighted by atomic mass is 10.00. The predicted octanol–water partition coefficient (Wildman–Crippen LogP) is 3.90. The second kappa shape index (κ2) is 13.2. The molecule has 1 saturated heterocycles. The Morgan fingerprint density at radius 3 is 2.74 bits per heavy atom. The number of fused-ring (bicyclic) bond motifs is 6. The van der Waals surface area contributed by atoms with Gasteiger partial charge >= 0.3 is 0 Å². The van der Waals surface area contributed by atoms with Crippen molar-refractivity contribution in [2.75, 3.05) is 26.7 Å². The molecule has 2 atom stereocenters. The number of nitrogens with zero attached hydrogens (tertiary/aromatic N) is 4. The molecule has 4 bridgehead atoms. The molecule has 2 aliphatic heterocycles. The second-order valence-corrected chi connectivity index (χ2v) is 11.8. The maximum absolute atomic E-state index is 13.9. The Kier molecular flexibility index (Phi) is 8.89. The van der Waals surface area contributed by atoms with Gasteiger partial charge in [-0.1, -0.05) is 12.1 Å². The molecule has 240 valence electrons. The van der Waals surface area contributed by atoms with Crippen LogP contribution in [0, 0.1) is 20.8 Å². The summed E-state index contributed by atoms with van der Waals surface area (Å²) in [6.07, 6.45) is 0.827. The number of piperidine rings is 1. The number of carbonyl (C=O) groups excluding carboxylic acids is 3. The number of hydrogen-bond acceptors (Lipinski definition) is 8. The molecule has 12 nitrogen and oxygen atoms in total. The Bertz CT molecular complexity index is 1800. The lowest BCUT2D eigenvalue weighted by Gasteiger charge is -2.38. The molecule has 4 heterocycles. The number of aryl methyl sites for hydroxylation is 3. The van der Waals surface area contributed by atoms with Crippen LogP contribution >= 0.6 is 0 Å². The fourth-order valence-corrected chi connectivity index (χ4v) is 6.04. The summed E-state index contributed by atoms with van der Waals surface area (Å²) in [6, 6.07) is 14.0. The molecule has 0 aliphatic carbocycles. The van der Waals surface area contributed by atoms with Crippen LogP contribution in [0.3, 0.4) is 0 Å². The first-order valence-corrected chi connectivity index (χ1v) is 15.5. The van der Waals surface area contributed by atoms with Crippen molar-refractivity contribution in [3.8, 4) is 17.2 Å². The largest absolute Gasteiger partial charge is 0.497 e. The molecule has 3 amide bonds. The minimum absolute atomic E-state index is 0.176. The number of methoxy groups -OCH3 is 1. The summed E-state index contributed by atoms with van der Waals surface area (Å²) in [5.74, 6) is 0.880. The van der Waals surface area contributed by atoms with Gasteiger partial charge in [0.15, 0.2) is 5.65 Å². The number of hydrogen-bond donors (Lipinski definition) is 2. The van der Waals surface area contributed by atoms with Crippen LogP contribution in [-0.4, -0.2) is 76.1 Å². The van der Waals surface area contributed by atoms with E-state index in [1.165, 1.54) is 7.11 Å². The molecular weight excluding hydrogens is 588 g/mol. The first-order valence-electron chi connectivity index (χ1n) is 15.5. The van der Waals surface area contributed by atoms with Crippen LogP contribution in [0.4, 0.5) is 0 Å². The van der Waals surface area contributed by atoms with E-state index in [0.717, 1.165) is 17.0 Å². The van der Waals surface area contributed by atoms with Crippen molar-refractivity contribution >= 4 is 23.4 Å². The van der Waals surface area contributed by atoms with E-state index in [4.69, 9.17) is 14.2 Å². The van der Waals surface area contributed by atoms with E-state index in [2.05, 4.69) is 20.7 Å². The zero-order valence-electron chi connectivity index (χ0n) is 26.5. The van der Waals surface area contributed by atoms with Crippen LogP contribution < -0.4 is 20.1 Å². The van der Waals surface area contributed by atoms with Crippen LogP contribution in [-0.2, 0) is 16.1 Å². The average Bonchev–Trinajstić information content (AvgIpc) is 3.37. The summed E-state index contributed by atoms with van der Waals surface area (Å²) in [6.45, 7) is 6.95. The van der Waals surface area contributed by atoms with Crippen molar-refractivity contribution in [1.82, 2.24) is 30.1 Å². The van der Waals surface area contributed by atoms with Gasteiger partial charge in [-0.3, -0.25) is 14.4 Å². The first kappa shape index (κ1) is 31.0. The number of carbonyl (C=O) groups is 3. The second-order valence-electron chi connectivity index (χ2n) is 11.8. The third-order valence-corrected chi connectivity index (χ3v) is 8.31. The number of nitrogens with one attached hydrogen (secondary N) is 2. The molecular formula is C34H38N6O6. The summed E-state index contributed by atoms with van der Waals surface area (Å²) < 4.78 is 19.6. The predicted molar refractivity (Wildman–Crippen MR) is 169 cm³/mol. The average molecular weight is 627 g/mol. The number of likely N-dealkylation sites (tertiary alicyclic amines) is 1. The van der Waals surface area contributed by atoms with Gasteiger partial charge in [-0.25, -0.2) is 9.50 Å². The van der Waals surface area contributed by atoms with Crippen molar-refractivity contribution in [1.29, 1.82) is 0 Å². The third kappa shape index (κ3) is 6.66. The van der Waals surface area contributed by atoms with E-state index >= 15 is 0 Å². The zero-order valence-corrected chi connectivity index (χ0v) is 26.5. The fraction of sp³-hybridized carbons (Fsp3) is 0.382. The fourth-order valence-electron chi connectivity index (χ4n) is 6.04. The summed E-state index contributed by atoms with van der Waals surface area (Å²) >= 11 is 0. The van der Waals surface area contributed by atoms with Gasteiger partial charge in [0.25, 0.3) is 11.8 Å². The summed E-state index contributed by atoms with van der Waals surface area (Å²) in [7, 11) is 1.53. The Hall–Kier alpha value is -4.97. The van der Waals surface area contributed by atoms with Gasteiger partial charge in [0.05, 0.1) is 31.6 Å². The molecule has 12 heteroatoms. The maximum atomic E-state index is 13.9. The lowest BCUT2D eigenvalue weighted by molar-refractivity contribution is -0.124. The van der Waals surface area contributed by atoms with Crippen molar-refractivity contribution in [3.05, 3.63) is 82.3 Å². The van der Waals surface area contributed by atoms with Gasteiger partial charge in [-0.05, 0) is 69.5 Å². The van der Waals surface area contributed by atoms with Gasteiger partial charge in [0.2, 0.25) is 5.91 Å². The van der Waals surface area contributed by atoms with E-state index in [-0.39, 0.29) is 43.4 Å². The van der Waals surface area contributed by atoms with Crippen molar-refractivity contribution in [2.24, 2.45) is 0 Å². The van der Waals surface area contributed by atoms with Gasteiger partial charge in [0, 0.05) is 49.1 Å². The van der Waals surface area contributed by atoms with Crippen molar-refractivity contribution < 1.29 is 28.6 Å². The molecule has 0 saturated carbocycles. The molecule has 2 aromatic heterocycles. The molecule has 0 radical (unpaired) electrons. The van der Waals surface area contributed by atoms with Gasteiger partial charge in [-0.2, -0.15) is 5.10 Å². The quantitative estimate of drug-likeness (QED) is 0.342. The zero-order chi connectivity index (χ0) is 32.4. The Labute approximate surface area is 267 Å². The topological polar surface area (TPSA) is 136 Å². The Morgan fingerprint density at radius 1 is 1.07 bits per heavy atom. The normalized spacial score (nSPS) is 19.3. The number of aromatic nitrogens is 3. The SMILES string of the molecule is COc1cc2cc(c1)C(=O)NCCCC(=O)N[C@H]1CN(C(=O)c3c(C)nn4c(C)cc(C)nc34)CC[C@@H]1OCc1cccc(c1)O2. The van der Waals surface area contributed by atoms with E-state index in [1.807, 2.05) is 51.1 Å². The standard InChI is InChI=1S/C34H38N6O6/c1-20-13-21(2)40-32(36-20)31(22(3)38-40)34(43)39-12-10-29-28(18-39)37-30(41)9-6-11-35-33(42)24-15-26(44-4)17-27(16-24)46-25-8-5-7-23(14-25)19-45-29/h5,7-8,13-17,28-29H,6,9-12,18-19H2,1-4H3,(H,35,42)(H,37,41)/t28-,29-/m0/s1. The smallest absolute Gasteiger partial charge is 0.259 e. The molecule has 46 heavy (non-hydrogen) atoms. The van der Waals surface area contributed by atoms with Gasteiger partial charge in [0.1, 0.15) is 22.8 Å². The summed E-state index contributed by atoms with van der Waals surface area (Å²) in [5.41, 5.74) is 4.56. The molecule has 2 aromatic carbocycles. The van der Waals surface area contributed by atoms with E-state index < -0.39 is 6.04 Å². The maximum Gasteiger partial charge on any atom is 0.259 e. The summed E-state index contributed by atoms with van der Waals surface area (Å²) in [5, 5.41) is 10.6. The van der Waals surface area contributed by atoms with Crippen LogP contribution in [0.5, 0.6) is 17.2 Å². The highest BCUT2D eigenvalue weighted by Gasteiger charge is 2.35. The van der Waals surface area contributed by atoms with Crippen LogP contribution in [0.15, 0.2) is 48.5 Å². The van der Waals surface area contributed by atoms with E-state index in [9.17, 15) is 14.4 Å². The van der Waals surface area contributed by atoms with Gasteiger partial charge in [-0.15, -0.1) is 0 Å². The molecule has 2 N–H and O–H groups in total. The Balaban J connectivity index is 1.24. The molecule has 6 rings (SSSR count). The highest BCUT2D eigenvalue weighted by atomic mass is 16.5.